The fourth-order valence-electron chi connectivity index (χ4n) is 4.40. The number of carbonyl (C=O) groups excluding carboxylic acids is 2. The normalized spacial score (nSPS) is 15.1. The average molecular weight is 519 g/mol. The summed E-state index contributed by atoms with van der Waals surface area (Å²) in [5.41, 5.74) is 3.54. The number of halogens is 1. The number of nitrogens with zero attached hydrogens (tertiary/aromatic N) is 3. The number of hydrogen-bond donors (Lipinski definition) is 2. The highest BCUT2D eigenvalue weighted by molar-refractivity contribution is 6.01. The molecule has 1 saturated heterocycles. The molecular weight excluding hydrogens is 491 g/mol. The van der Waals surface area contributed by atoms with E-state index in [0.717, 1.165) is 10.5 Å². The van der Waals surface area contributed by atoms with E-state index in [4.69, 9.17) is 4.74 Å². The third kappa shape index (κ3) is 6.20. The Morgan fingerprint density at radius 1 is 1.08 bits per heavy atom. The standard InChI is InChI=1S/C28H27FN4O5/c1-18-2-4-19(5-3-18)25(32-37)15-14-24(27(34)33-16-17-38-28(33)35)26(20-6-10-23(31-36)11-7-20)30-22-12-8-21(29)9-13-22/h2-13,24,26,30,37H,14-17H2,1H3/b32-25-. The van der Waals surface area contributed by atoms with Gasteiger partial charge in [0.25, 0.3) is 0 Å². The molecule has 2 unspecified atom stereocenters. The lowest BCUT2D eigenvalue weighted by molar-refractivity contribution is -0.132. The van der Waals surface area contributed by atoms with Crippen molar-refractivity contribution in [2.75, 3.05) is 18.5 Å². The molecule has 0 aromatic heterocycles. The zero-order chi connectivity index (χ0) is 27.1. The SMILES string of the molecule is Cc1ccc(/C(CCC(C(=O)N2CCOC2=O)C(Nc2ccc(F)cc2)c2ccc(N=O)cc2)=N\O)cc1. The van der Waals surface area contributed by atoms with Crippen LogP contribution in [0.1, 0.15) is 35.6 Å². The van der Waals surface area contributed by atoms with Crippen LogP contribution in [0.2, 0.25) is 0 Å². The first kappa shape index (κ1) is 26.5. The van der Waals surface area contributed by atoms with Crippen LogP contribution in [0.25, 0.3) is 0 Å². The first-order chi connectivity index (χ1) is 18.4. The largest absolute Gasteiger partial charge is 0.447 e. The monoisotopic (exact) mass is 518 g/mol. The number of hydrogen-bond acceptors (Lipinski definition) is 8. The van der Waals surface area contributed by atoms with E-state index >= 15 is 0 Å². The van der Waals surface area contributed by atoms with Gasteiger partial charge in [-0.3, -0.25) is 4.79 Å². The zero-order valence-electron chi connectivity index (χ0n) is 20.7. The van der Waals surface area contributed by atoms with Crippen molar-refractivity contribution in [1.82, 2.24) is 4.90 Å². The number of ether oxygens (including phenoxy) is 1. The Morgan fingerprint density at radius 2 is 1.76 bits per heavy atom. The van der Waals surface area contributed by atoms with Crippen LogP contribution in [-0.4, -0.2) is 41.0 Å². The van der Waals surface area contributed by atoms with Gasteiger partial charge in [-0.25, -0.2) is 14.1 Å². The maximum absolute atomic E-state index is 13.8. The predicted molar refractivity (Wildman–Crippen MR) is 140 cm³/mol. The topological polar surface area (TPSA) is 121 Å². The van der Waals surface area contributed by atoms with Crippen LogP contribution < -0.4 is 5.32 Å². The lowest BCUT2D eigenvalue weighted by Crippen LogP contribution is -2.41. The van der Waals surface area contributed by atoms with Gasteiger partial charge < -0.3 is 15.3 Å². The lowest BCUT2D eigenvalue weighted by Gasteiger charge is -2.30. The number of rotatable bonds is 10. The van der Waals surface area contributed by atoms with Gasteiger partial charge in [-0.15, -0.1) is 4.91 Å². The van der Waals surface area contributed by atoms with Gasteiger partial charge in [-0.1, -0.05) is 47.1 Å². The minimum absolute atomic E-state index is 0.0970. The number of carbonyl (C=O) groups is 2. The van der Waals surface area contributed by atoms with E-state index < -0.39 is 29.8 Å². The van der Waals surface area contributed by atoms with Crippen molar-refractivity contribution in [3.63, 3.8) is 0 Å². The minimum Gasteiger partial charge on any atom is -0.447 e. The van der Waals surface area contributed by atoms with Crippen molar-refractivity contribution < 1.29 is 23.9 Å². The number of aryl methyl sites for hydroxylation is 1. The molecule has 1 fully saturated rings. The van der Waals surface area contributed by atoms with Crippen LogP contribution in [0.5, 0.6) is 0 Å². The maximum atomic E-state index is 13.8. The summed E-state index contributed by atoms with van der Waals surface area (Å²) in [6.07, 6.45) is -0.313. The summed E-state index contributed by atoms with van der Waals surface area (Å²) in [5.74, 6) is -1.71. The fraction of sp³-hybridized carbons (Fsp3) is 0.250. The smallest absolute Gasteiger partial charge is 0.416 e. The highest BCUT2D eigenvalue weighted by Gasteiger charge is 2.38. The highest BCUT2D eigenvalue weighted by Crippen LogP contribution is 2.34. The van der Waals surface area contributed by atoms with Crippen LogP contribution in [-0.2, 0) is 9.53 Å². The molecule has 2 N–H and O–H groups in total. The van der Waals surface area contributed by atoms with Gasteiger partial charge in [0.2, 0.25) is 5.91 Å². The van der Waals surface area contributed by atoms with Crippen molar-refractivity contribution in [1.29, 1.82) is 0 Å². The molecule has 4 rings (SSSR count). The summed E-state index contributed by atoms with van der Waals surface area (Å²) >= 11 is 0. The second-order valence-corrected chi connectivity index (χ2v) is 8.97. The molecule has 1 aliphatic rings. The van der Waals surface area contributed by atoms with Crippen LogP contribution in [0, 0.1) is 23.6 Å². The molecule has 38 heavy (non-hydrogen) atoms. The van der Waals surface area contributed by atoms with Gasteiger partial charge in [0.05, 0.1) is 24.2 Å². The number of nitroso groups, excluding NO2 is 1. The maximum Gasteiger partial charge on any atom is 0.416 e. The van der Waals surface area contributed by atoms with Gasteiger partial charge in [-0.05, 0) is 72.5 Å². The number of oxime groups is 1. The first-order valence-electron chi connectivity index (χ1n) is 12.1. The van der Waals surface area contributed by atoms with E-state index in [1.165, 1.54) is 24.3 Å². The molecule has 0 spiro atoms. The Bertz CT molecular complexity index is 1310. The van der Waals surface area contributed by atoms with Crippen molar-refractivity contribution in [3.05, 3.63) is 100 Å². The summed E-state index contributed by atoms with van der Waals surface area (Å²) < 4.78 is 18.6. The summed E-state index contributed by atoms with van der Waals surface area (Å²) in [4.78, 5) is 38.1. The Balaban J connectivity index is 1.71. The molecule has 1 aliphatic heterocycles. The fourth-order valence-corrected chi connectivity index (χ4v) is 4.40. The van der Waals surface area contributed by atoms with Crippen LogP contribution >= 0.6 is 0 Å². The second-order valence-electron chi connectivity index (χ2n) is 8.97. The van der Waals surface area contributed by atoms with Crippen molar-refractivity contribution in [2.45, 2.75) is 25.8 Å². The van der Waals surface area contributed by atoms with E-state index in [1.807, 2.05) is 31.2 Å². The van der Waals surface area contributed by atoms with Crippen molar-refractivity contribution in [2.24, 2.45) is 16.3 Å². The zero-order valence-corrected chi connectivity index (χ0v) is 20.7. The lowest BCUT2D eigenvalue weighted by atomic mass is 9.86. The van der Waals surface area contributed by atoms with E-state index in [9.17, 15) is 24.1 Å². The molecule has 3 aromatic rings. The van der Waals surface area contributed by atoms with E-state index in [1.54, 1.807) is 24.3 Å². The van der Waals surface area contributed by atoms with Crippen LogP contribution in [0.3, 0.4) is 0 Å². The van der Waals surface area contributed by atoms with Gasteiger partial charge in [0.15, 0.2) is 0 Å². The van der Waals surface area contributed by atoms with Crippen LogP contribution in [0.4, 0.5) is 20.6 Å². The summed E-state index contributed by atoms with van der Waals surface area (Å²) in [7, 11) is 0. The van der Waals surface area contributed by atoms with Crippen LogP contribution in [0.15, 0.2) is 83.1 Å². The molecule has 9 nitrogen and oxygen atoms in total. The molecule has 0 radical (unpaired) electrons. The van der Waals surface area contributed by atoms with Gasteiger partial charge >= 0.3 is 6.09 Å². The highest BCUT2D eigenvalue weighted by atomic mass is 19.1. The minimum atomic E-state index is -0.831. The summed E-state index contributed by atoms with van der Waals surface area (Å²) in [6, 6.07) is 18.8. The molecule has 3 aromatic carbocycles. The molecule has 196 valence electrons. The first-order valence-corrected chi connectivity index (χ1v) is 12.1. The number of anilines is 1. The molecule has 2 amide bonds. The Morgan fingerprint density at radius 3 is 2.34 bits per heavy atom. The Kier molecular flexibility index (Phi) is 8.42. The number of benzene rings is 3. The number of cyclic esters (lactones) is 1. The quantitative estimate of drug-likeness (QED) is 0.148. The molecule has 0 bridgehead atoms. The predicted octanol–water partition coefficient (Wildman–Crippen LogP) is 5.94. The van der Waals surface area contributed by atoms with Gasteiger partial charge in [0.1, 0.15) is 18.1 Å². The van der Waals surface area contributed by atoms with Gasteiger partial charge in [-0.2, -0.15) is 0 Å². The van der Waals surface area contributed by atoms with E-state index in [0.29, 0.717) is 22.5 Å². The van der Waals surface area contributed by atoms with Gasteiger partial charge in [0, 0.05) is 5.69 Å². The molecule has 10 heteroatoms. The third-order valence-electron chi connectivity index (χ3n) is 6.47. The number of amides is 2. The number of imide groups is 1. The molecule has 0 aliphatic carbocycles. The summed E-state index contributed by atoms with van der Waals surface area (Å²) in [5, 5.41) is 19.5. The molecule has 1 heterocycles. The Hall–Kier alpha value is -4.60. The van der Waals surface area contributed by atoms with E-state index in [2.05, 4.69) is 15.6 Å². The molecule has 0 saturated carbocycles. The Labute approximate surface area is 218 Å². The third-order valence-corrected chi connectivity index (χ3v) is 6.47. The van der Waals surface area contributed by atoms with Crippen molar-refractivity contribution in [3.8, 4) is 0 Å². The van der Waals surface area contributed by atoms with Crippen molar-refractivity contribution >= 4 is 29.1 Å². The molecular formula is C28H27FN4O5. The second kappa shape index (κ2) is 12.1. The number of nitrogens with one attached hydrogen (secondary N) is 1. The average Bonchev–Trinajstić information content (AvgIpc) is 3.37. The molecule has 2 atom stereocenters. The summed E-state index contributed by atoms with van der Waals surface area (Å²) in [6.45, 7) is 2.16. The van der Waals surface area contributed by atoms with E-state index in [-0.39, 0.29) is 31.7 Å².